The van der Waals surface area contributed by atoms with E-state index in [1.54, 1.807) is 6.20 Å². The Kier molecular flexibility index (Phi) is 4.40. The molecule has 0 N–H and O–H groups in total. The minimum atomic E-state index is -0.874. The van der Waals surface area contributed by atoms with Crippen molar-refractivity contribution in [3.05, 3.63) is 42.2 Å². The van der Waals surface area contributed by atoms with Crippen molar-refractivity contribution in [3.63, 3.8) is 0 Å². The number of hydrogen-bond donors (Lipinski definition) is 0. The summed E-state index contributed by atoms with van der Waals surface area (Å²) in [5.74, 6) is 0.815. The fourth-order valence-electron chi connectivity index (χ4n) is 2.13. The van der Waals surface area contributed by atoms with Crippen molar-refractivity contribution >= 4 is 12.0 Å². The van der Waals surface area contributed by atoms with Crippen LogP contribution in [0.2, 0.25) is 0 Å². The maximum Gasteiger partial charge on any atom is 0.210 e. The van der Waals surface area contributed by atoms with Gasteiger partial charge in [0.05, 0.1) is 5.69 Å². The van der Waals surface area contributed by atoms with Crippen LogP contribution in [0.3, 0.4) is 0 Å². The maximum absolute atomic E-state index is 9.50. The van der Waals surface area contributed by atoms with Gasteiger partial charge in [-0.25, -0.2) is 0 Å². The van der Waals surface area contributed by atoms with Crippen LogP contribution < -0.4 is 0 Å². The first kappa shape index (κ1) is 13.1. The van der Waals surface area contributed by atoms with E-state index in [9.17, 15) is 5.26 Å². The lowest BCUT2D eigenvalue weighted by Gasteiger charge is -2.30. The normalized spacial score (nSPS) is 21.9. The first-order valence-corrected chi connectivity index (χ1v) is 7.00. The zero-order valence-electron chi connectivity index (χ0n) is 10.3. The zero-order valence-corrected chi connectivity index (χ0v) is 11.1. The molecule has 3 nitrogen and oxygen atoms in total. The average molecular weight is 260 g/mol. The number of allylic oxidation sites excluding steroid dienone is 1. The van der Waals surface area contributed by atoms with Crippen LogP contribution in [0.15, 0.2) is 31.0 Å². The zero-order chi connectivity index (χ0) is 12.8. The molecular weight excluding hydrogens is 244 g/mol. The minimum Gasteiger partial charge on any atom is -0.287 e. The molecule has 0 saturated heterocycles. The summed E-state index contributed by atoms with van der Waals surface area (Å²) in [6.07, 6.45) is 7.12. The Hall–Kier alpha value is -1.31. The predicted octanol–water partition coefficient (Wildman–Crippen LogP) is 3.38. The van der Waals surface area contributed by atoms with Gasteiger partial charge in [-0.3, -0.25) is 9.17 Å². The van der Waals surface area contributed by atoms with Crippen LogP contribution in [0.5, 0.6) is 0 Å². The number of aromatic nitrogens is 1. The molecule has 0 spiro atoms. The van der Waals surface area contributed by atoms with Crippen molar-refractivity contribution in [3.8, 4) is 6.07 Å². The summed E-state index contributed by atoms with van der Waals surface area (Å²) in [4.78, 5) is 4.36. The second-order valence-corrected chi connectivity index (χ2v) is 5.10. The van der Waals surface area contributed by atoms with Crippen LogP contribution in [0, 0.1) is 11.3 Å². The Balaban J connectivity index is 2.18. The minimum absolute atomic E-state index is 0.717. The SMILES string of the molecule is C=CCCSOC1(C#N)CCCc2cccnc21. The van der Waals surface area contributed by atoms with Gasteiger partial charge in [0.25, 0.3) is 0 Å². The molecule has 0 bridgehead atoms. The first-order valence-electron chi connectivity index (χ1n) is 6.09. The molecule has 0 radical (unpaired) electrons. The van der Waals surface area contributed by atoms with E-state index >= 15 is 0 Å². The Bertz CT molecular complexity index is 469. The number of hydrogen-bond acceptors (Lipinski definition) is 4. The van der Waals surface area contributed by atoms with Crippen LogP contribution in [0.1, 0.15) is 30.5 Å². The molecule has 1 atom stereocenters. The molecule has 1 aromatic heterocycles. The summed E-state index contributed by atoms with van der Waals surface area (Å²) in [5, 5.41) is 9.50. The van der Waals surface area contributed by atoms with Gasteiger partial charge in [-0.2, -0.15) is 5.26 Å². The molecule has 1 aromatic rings. The van der Waals surface area contributed by atoms with E-state index in [1.165, 1.54) is 12.0 Å². The lowest BCUT2D eigenvalue weighted by atomic mass is 9.84. The van der Waals surface area contributed by atoms with Gasteiger partial charge in [0.15, 0.2) is 0 Å². The molecule has 0 saturated carbocycles. The summed E-state index contributed by atoms with van der Waals surface area (Å²) >= 11 is 1.34. The van der Waals surface area contributed by atoms with Crippen LogP contribution in [0.25, 0.3) is 0 Å². The third-order valence-corrected chi connectivity index (χ3v) is 3.84. The molecule has 4 heteroatoms. The van der Waals surface area contributed by atoms with Gasteiger partial charge in [0.2, 0.25) is 5.60 Å². The average Bonchev–Trinajstić information content (AvgIpc) is 2.44. The van der Waals surface area contributed by atoms with Crippen molar-refractivity contribution in [2.75, 3.05) is 5.75 Å². The summed E-state index contributed by atoms with van der Waals surface area (Å²) in [6.45, 7) is 3.67. The Labute approximate surface area is 112 Å². The predicted molar refractivity (Wildman–Crippen MR) is 72.8 cm³/mol. The van der Waals surface area contributed by atoms with Crippen molar-refractivity contribution in [2.45, 2.75) is 31.3 Å². The van der Waals surface area contributed by atoms with E-state index < -0.39 is 5.60 Å². The van der Waals surface area contributed by atoms with E-state index in [0.29, 0.717) is 6.42 Å². The Morgan fingerprint density at radius 2 is 2.56 bits per heavy atom. The van der Waals surface area contributed by atoms with Gasteiger partial charge >= 0.3 is 0 Å². The van der Waals surface area contributed by atoms with Crippen molar-refractivity contribution in [1.29, 1.82) is 5.26 Å². The van der Waals surface area contributed by atoms with Gasteiger partial charge < -0.3 is 0 Å². The van der Waals surface area contributed by atoms with Gasteiger partial charge in [0, 0.05) is 11.9 Å². The lowest BCUT2D eigenvalue weighted by Crippen LogP contribution is -2.31. The number of fused-ring (bicyclic) bond motifs is 1. The van der Waals surface area contributed by atoms with Gasteiger partial charge in [0.1, 0.15) is 6.07 Å². The molecule has 1 heterocycles. The third-order valence-electron chi connectivity index (χ3n) is 3.04. The number of aryl methyl sites for hydroxylation is 1. The number of rotatable bonds is 5. The fraction of sp³-hybridized carbons (Fsp3) is 0.429. The number of pyridine rings is 1. The largest absolute Gasteiger partial charge is 0.287 e. The molecule has 0 aromatic carbocycles. The molecule has 18 heavy (non-hydrogen) atoms. The number of nitrogens with zero attached hydrogens (tertiary/aromatic N) is 2. The maximum atomic E-state index is 9.50. The van der Waals surface area contributed by atoms with E-state index in [4.69, 9.17) is 4.18 Å². The molecule has 1 unspecified atom stereocenters. The van der Waals surface area contributed by atoms with Crippen LogP contribution in [0.4, 0.5) is 0 Å². The highest BCUT2D eigenvalue weighted by Crippen LogP contribution is 2.39. The fourth-order valence-corrected chi connectivity index (χ4v) is 2.88. The van der Waals surface area contributed by atoms with Crippen LogP contribution in [-0.2, 0) is 16.2 Å². The monoisotopic (exact) mass is 260 g/mol. The van der Waals surface area contributed by atoms with Gasteiger partial charge in [-0.15, -0.1) is 6.58 Å². The highest BCUT2D eigenvalue weighted by Gasteiger charge is 2.40. The van der Waals surface area contributed by atoms with Crippen LogP contribution in [-0.4, -0.2) is 10.7 Å². The molecule has 1 aliphatic rings. The van der Waals surface area contributed by atoms with Crippen LogP contribution >= 0.6 is 12.0 Å². The molecular formula is C14H16N2OS. The summed E-state index contributed by atoms with van der Waals surface area (Å²) in [5.41, 5.74) is 1.06. The summed E-state index contributed by atoms with van der Waals surface area (Å²) in [7, 11) is 0. The molecule has 94 valence electrons. The third kappa shape index (κ3) is 2.58. The van der Waals surface area contributed by atoms with E-state index in [0.717, 1.165) is 36.3 Å². The Morgan fingerprint density at radius 1 is 1.67 bits per heavy atom. The van der Waals surface area contributed by atoms with Crippen molar-refractivity contribution < 1.29 is 4.18 Å². The van der Waals surface area contributed by atoms with Gasteiger partial charge in [-0.1, -0.05) is 12.1 Å². The Morgan fingerprint density at radius 3 is 3.33 bits per heavy atom. The topological polar surface area (TPSA) is 45.9 Å². The molecule has 0 fully saturated rings. The first-order chi connectivity index (χ1) is 8.82. The molecule has 2 rings (SSSR count). The standard InChI is InChI=1S/C14H16N2OS/c1-2-3-10-18-17-14(11-15)8-4-6-12-7-5-9-16-13(12)14/h2,5,7,9H,1,3-4,6,8,10H2. The highest BCUT2D eigenvalue weighted by molar-refractivity contribution is 7.94. The smallest absolute Gasteiger partial charge is 0.210 e. The summed E-state index contributed by atoms with van der Waals surface area (Å²) < 4.78 is 5.79. The van der Waals surface area contributed by atoms with Gasteiger partial charge in [-0.05, 0) is 49.4 Å². The van der Waals surface area contributed by atoms with E-state index in [-0.39, 0.29) is 0 Å². The molecule has 0 amide bonds. The van der Waals surface area contributed by atoms with Crippen molar-refractivity contribution in [2.24, 2.45) is 0 Å². The van der Waals surface area contributed by atoms with Crippen molar-refractivity contribution in [1.82, 2.24) is 4.98 Å². The lowest BCUT2D eigenvalue weighted by molar-refractivity contribution is 0.131. The van der Waals surface area contributed by atoms with E-state index in [1.807, 2.05) is 18.2 Å². The van der Waals surface area contributed by atoms with E-state index in [2.05, 4.69) is 17.6 Å². The second kappa shape index (κ2) is 6.03. The molecule has 1 aliphatic carbocycles. The second-order valence-electron chi connectivity index (χ2n) is 4.29. The quantitative estimate of drug-likeness (QED) is 0.462. The highest BCUT2D eigenvalue weighted by atomic mass is 32.2. The summed E-state index contributed by atoms with van der Waals surface area (Å²) in [6, 6.07) is 6.27. The molecule has 0 aliphatic heterocycles. The number of nitriles is 1.